The molecule has 0 saturated heterocycles. The second kappa shape index (κ2) is 6.25. The molecule has 1 saturated carbocycles. The highest BCUT2D eigenvalue weighted by Gasteiger charge is 2.41. The van der Waals surface area contributed by atoms with E-state index in [0.29, 0.717) is 37.9 Å². The first-order chi connectivity index (χ1) is 11.3. The van der Waals surface area contributed by atoms with Gasteiger partial charge in [-0.15, -0.1) is 0 Å². The van der Waals surface area contributed by atoms with E-state index in [0.717, 1.165) is 0 Å². The number of aromatic nitrogens is 3. The molecule has 134 valence electrons. The van der Waals surface area contributed by atoms with Gasteiger partial charge in [0, 0.05) is 13.0 Å². The fraction of sp³-hybridized carbons (Fsp3) is 0.800. The molecule has 3 rings (SSSR count). The Labute approximate surface area is 136 Å². The Morgan fingerprint density at radius 3 is 2.46 bits per heavy atom. The Hall–Kier alpha value is -1.80. The molecule has 2 heterocycles. The Morgan fingerprint density at radius 1 is 1.21 bits per heavy atom. The van der Waals surface area contributed by atoms with Crippen LogP contribution in [0.5, 0.6) is 0 Å². The number of carbonyl (C=O) groups is 1. The third-order valence-electron chi connectivity index (χ3n) is 5.16. The standard InChI is InChI=1S/C15H20F3N3O3/c16-15(17,18)10-6-4-9(5-7-10)8-20-14(24)21-11(13(22)23)2-1-3-12(21)19-20/h9-11H,1-8H2,(H,22,23)/t9?,10?,11-/m0/s1. The number of nitrogens with zero attached hydrogens (tertiary/aromatic N) is 3. The van der Waals surface area contributed by atoms with Crippen LogP contribution in [0.15, 0.2) is 4.79 Å². The number of hydrogen-bond acceptors (Lipinski definition) is 3. The quantitative estimate of drug-likeness (QED) is 0.911. The van der Waals surface area contributed by atoms with Crippen molar-refractivity contribution in [3.05, 3.63) is 16.3 Å². The monoisotopic (exact) mass is 347 g/mol. The maximum absolute atomic E-state index is 12.7. The fourth-order valence-corrected chi connectivity index (χ4v) is 3.80. The zero-order chi connectivity index (χ0) is 17.5. The van der Waals surface area contributed by atoms with Crippen LogP contribution in [0.4, 0.5) is 13.2 Å². The first-order valence-electron chi connectivity index (χ1n) is 8.25. The second-order valence-electron chi connectivity index (χ2n) is 6.76. The molecule has 2 aliphatic rings. The third kappa shape index (κ3) is 3.21. The van der Waals surface area contributed by atoms with E-state index in [-0.39, 0.29) is 25.3 Å². The molecule has 0 radical (unpaired) electrons. The highest BCUT2D eigenvalue weighted by molar-refractivity contribution is 5.72. The van der Waals surface area contributed by atoms with Gasteiger partial charge in [0.15, 0.2) is 0 Å². The lowest BCUT2D eigenvalue weighted by atomic mass is 9.81. The lowest BCUT2D eigenvalue weighted by Crippen LogP contribution is -2.36. The Balaban J connectivity index is 1.72. The molecule has 1 fully saturated rings. The molecule has 1 aliphatic carbocycles. The first kappa shape index (κ1) is 17.0. The number of aliphatic carboxylic acids is 1. The Kier molecular flexibility index (Phi) is 4.44. The summed E-state index contributed by atoms with van der Waals surface area (Å²) in [5, 5.41) is 13.5. The predicted molar refractivity (Wildman–Crippen MR) is 77.6 cm³/mol. The van der Waals surface area contributed by atoms with Gasteiger partial charge < -0.3 is 5.11 Å². The minimum atomic E-state index is -4.15. The van der Waals surface area contributed by atoms with E-state index < -0.39 is 29.8 Å². The normalized spacial score (nSPS) is 27.7. The smallest absolute Gasteiger partial charge is 0.391 e. The van der Waals surface area contributed by atoms with Crippen LogP contribution in [-0.4, -0.2) is 31.6 Å². The average molecular weight is 347 g/mol. The maximum Gasteiger partial charge on any atom is 0.391 e. The van der Waals surface area contributed by atoms with Crippen molar-refractivity contribution in [3.8, 4) is 0 Å². The van der Waals surface area contributed by atoms with Crippen molar-refractivity contribution in [2.24, 2.45) is 11.8 Å². The second-order valence-corrected chi connectivity index (χ2v) is 6.76. The van der Waals surface area contributed by atoms with Gasteiger partial charge in [-0.25, -0.2) is 14.3 Å². The van der Waals surface area contributed by atoms with E-state index in [9.17, 15) is 27.9 Å². The van der Waals surface area contributed by atoms with Crippen molar-refractivity contribution in [3.63, 3.8) is 0 Å². The van der Waals surface area contributed by atoms with E-state index in [1.807, 2.05) is 0 Å². The summed E-state index contributed by atoms with van der Waals surface area (Å²) < 4.78 is 40.6. The van der Waals surface area contributed by atoms with Crippen LogP contribution in [-0.2, 0) is 17.8 Å². The van der Waals surface area contributed by atoms with E-state index >= 15 is 0 Å². The van der Waals surface area contributed by atoms with Crippen molar-refractivity contribution in [2.75, 3.05) is 0 Å². The third-order valence-corrected chi connectivity index (χ3v) is 5.16. The zero-order valence-electron chi connectivity index (χ0n) is 13.1. The lowest BCUT2D eigenvalue weighted by molar-refractivity contribution is -0.184. The molecule has 0 aromatic carbocycles. The summed E-state index contributed by atoms with van der Waals surface area (Å²) in [6.45, 7) is 0.260. The van der Waals surface area contributed by atoms with Gasteiger partial charge in [-0.05, 0) is 44.4 Å². The van der Waals surface area contributed by atoms with Gasteiger partial charge in [-0.2, -0.15) is 18.3 Å². The summed E-state index contributed by atoms with van der Waals surface area (Å²) >= 11 is 0. The molecule has 6 nitrogen and oxygen atoms in total. The predicted octanol–water partition coefficient (Wildman–Crippen LogP) is 2.38. The maximum atomic E-state index is 12.7. The number of fused-ring (bicyclic) bond motifs is 1. The van der Waals surface area contributed by atoms with Gasteiger partial charge in [-0.1, -0.05) is 0 Å². The van der Waals surface area contributed by atoms with Gasteiger partial charge in [0.25, 0.3) is 0 Å². The van der Waals surface area contributed by atoms with Crippen LogP contribution in [0.25, 0.3) is 0 Å². The molecule has 0 amide bonds. The van der Waals surface area contributed by atoms with Crippen molar-refractivity contribution in [1.82, 2.24) is 14.3 Å². The fourth-order valence-electron chi connectivity index (χ4n) is 3.80. The molecule has 24 heavy (non-hydrogen) atoms. The number of aryl methyl sites for hydroxylation is 1. The van der Waals surface area contributed by atoms with Crippen LogP contribution in [0.1, 0.15) is 50.4 Å². The highest BCUT2D eigenvalue weighted by Crippen LogP contribution is 2.39. The summed E-state index contributed by atoms with van der Waals surface area (Å²) in [5.74, 6) is -1.87. The molecule has 0 spiro atoms. The molecule has 1 aromatic rings. The van der Waals surface area contributed by atoms with E-state index in [1.54, 1.807) is 0 Å². The van der Waals surface area contributed by atoms with Crippen LogP contribution in [0.3, 0.4) is 0 Å². The van der Waals surface area contributed by atoms with Gasteiger partial charge in [0.2, 0.25) is 0 Å². The minimum absolute atomic E-state index is 0.0264. The molecule has 1 N–H and O–H groups in total. The van der Waals surface area contributed by atoms with Crippen molar-refractivity contribution >= 4 is 5.97 Å². The number of carboxylic acid groups (broad SMARTS) is 1. The molecule has 1 aliphatic heterocycles. The molecule has 1 atom stereocenters. The van der Waals surface area contributed by atoms with Crippen LogP contribution >= 0.6 is 0 Å². The first-order valence-corrected chi connectivity index (χ1v) is 8.25. The number of rotatable bonds is 3. The van der Waals surface area contributed by atoms with Gasteiger partial charge in [0.1, 0.15) is 11.9 Å². The topological polar surface area (TPSA) is 77.1 Å². The molecule has 0 bridgehead atoms. The summed E-state index contributed by atoms with van der Waals surface area (Å²) in [5.41, 5.74) is -0.463. The number of carboxylic acids is 1. The largest absolute Gasteiger partial charge is 0.480 e. The van der Waals surface area contributed by atoms with E-state index in [4.69, 9.17) is 0 Å². The van der Waals surface area contributed by atoms with Crippen molar-refractivity contribution in [1.29, 1.82) is 0 Å². The zero-order valence-corrected chi connectivity index (χ0v) is 13.1. The summed E-state index contributed by atoms with van der Waals surface area (Å²) in [7, 11) is 0. The Bertz CT molecular complexity index is 672. The molecule has 9 heteroatoms. The number of alkyl halides is 3. The van der Waals surface area contributed by atoms with Gasteiger partial charge >= 0.3 is 17.8 Å². The summed E-state index contributed by atoms with van der Waals surface area (Å²) in [6.07, 6.45) is -1.59. The van der Waals surface area contributed by atoms with E-state index in [1.165, 1.54) is 9.25 Å². The molecular formula is C15H20F3N3O3. The van der Waals surface area contributed by atoms with Gasteiger partial charge in [-0.3, -0.25) is 4.57 Å². The summed E-state index contributed by atoms with van der Waals surface area (Å²) in [4.78, 5) is 23.7. The molecular weight excluding hydrogens is 327 g/mol. The molecule has 0 unspecified atom stereocenters. The Morgan fingerprint density at radius 2 is 1.88 bits per heavy atom. The highest BCUT2D eigenvalue weighted by atomic mass is 19.4. The van der Waals surface area contributed by atoms with Crippen molar-refractivity contribution in [2.45, 2.75) is 63.7 Å². The minimum Gasteiger partial charge on any atom is -0.480 e. The number of hydrogen-bond donors (Lipinski definition) is 1. The van der Waals surface area contributed by atoms with Gasteiger partial charge in [0.05, 0.1) is 5.92 Å². The van der Waals surface area contributed by atoms with Crippen LogP contribution in [0, 0.1) is 11.8 Å². The van der Waals surface area contributed by atoms with Crippen molar-refractivity contribution < 1.29 is 23.1 Å². The van der Waals surface area contributed by atoms with E-state index in [2.05, 4.69) is 5.10 Å². The SMILES string of the molecule is O=C(O)[C@@H]1CCCc2nn(CC3CCC(C(F)(F)F)CC3)c(=O)n21. The lowest BCUT2D eigenvalue weighted by Gasteiger charge is -2.29. The number of halogens is 3. The van der Waals surface area contributed by atoms with Crippen LogP contribution in [0.2, 0.25) is 0 Å². The summed E-state index contributed by atoms with van der Waals surface area (Å²) in [6, 6.07) is -0.893. The molecule has 1 aromatic heterocycles. The average Bonchev–Trinajstić information content (AvgIpc) is 2.83. The van der Waals surface area contributed by atoms with Crippen LogP contribution < -0.4 is 5.69 Å².